The van der Waals surface area contributed by atoms with Crippen LogP contribution in [0.4, 0.5) is 15.8 Å². The van der Waals surface area contributed by atoms with Gasteiger partial charge in [-0.2, -0.15) is 0 Å². The molecule has 1 N–H and O–H groups in total. The third-order valence-electron chi connectivity index (χ3n) is 4.91. The van der Waals surface area contributed by atoms with Gasteiger partial charge in [0.1, 0.15) is 5.82 Å². The van der Waals surface area contributed by atoms with Crippen molar-refractivity contribution < 1.29 is 18.7 Å². The van der Waals surface area contributed by atoms with Crippen molar-refractivity contribution in [1.82, 2.24) is 4.90 Å². The first-order valence-electron chi connectivity index (χ1n) is 9.28. The average molecular weight is 385 g/mol. The highest BCUT2D eigenvalue weighted by Gasteiger charge is 2.21. The predicted octanol–water partition coefficient (Wildman–Crippen LogP) is 3.01. The molecule has 1 aliphatic heterocycles. The second kappa shape index (κ2) is 8.84. The third-order valence-corrected chi connectivity index (χ3v) is 4.91. The van der Waals surface area contributed by atoms with Gasteiger partial charge in [0, 0.05) is 31.7 Å². The SMILES string of the molecule is CCN1CCN(c2ccc(C(=O)OC)cc2NC(=O)c2cccc(F)c2)CC1. The molecule has 1 amide bonds. The Morgan fingerprint density at radius 2 is 1.82 bits per heavy atom. The van der Waals surface area contributed by atoms with Crippen LogP contribution in [0, 0.1) is 5.82 Å². The first-order valence-corrected chi connectivity index (χ1v) is 9.28. The van der Waals surface area contributed by atoms with Gasteiger partial charge in [0.05, 0.1) is 24.0 Å². The number of benzene rings is 2. The summed E-state index contributed by atoms with van der Waals surface area (Å²) in [5, 5.41) is 2.83. The van der Waals surface area contributed by atoms with Crippen molar-refractivity contribution in [2.45, 2.75) is 6.92 Å². The number of hydrogen-bond donors (Lipinski definition) is 1. The number of amides is 1. The molecule has 0 aromatic heterocycles. The van der Waals surface area contributed by atoms with E-state index >= 15 is 0 Å². The van der Waals surface area contributed by atoms with Gasteiger partial charge in [-0.1, -0.05) is 13.0 Å². The van der Waals surface area contributed by atoms with Crippen molar-refractivity contribution in [2.75, 3.05) is 50.1 Å². The van der Waals surface area contributed by atoms with E-state index in [1.807, 2.05) is 6.07 Å². The van der Waals surface area contributed by atoms with E-state index in [1.54, 1.807) is 18.2 Å². The number of nitrogens with zero attached hydrogens (tertiary/aromatic N) is 2. The zero-order valence-electron chi connectivity index (χ0n) is 16.1. The van der Waals surface area contributed by atoms with Crippen LogP contribution in [0.25, 0.3) is 0 Å². The lowest BCUT2D eigenvalue weighted by atomic mass is 10.1. The Hall–Kier alpha value is -2.93. The van der Waals surface area contributed by atoms with Crippen LogP contribution in [-0.2, 0) is 4.74 Å². The van der Waals surface area contributed by atoms with Gasteiger partial charge < -0.3 is 19.9 Å². The standard InChI is InChI=1S/C21H24FN3O3/c1-3-24-9-11-25(12-10-24)19-8-7-16(21(27)28-2)14-18(19)23-20(26)15-5-4-6-17(22)13-15/h4-8,13-14H,3,9-12H2,1-2H3,(H,23,26). The molecule has 0 bridgehead atoms. The number of methoxy groups -OCH3 is 1. The van der Waals surface area contributed by atoms with Crippen LogP contribution in [0.3, 0.4) is 0 Å². The summed E-state index contributed by atoms with van der Waals surface area (Å²) in [6, 6.07) is 10.6. The number of likely N-dealkylation sites (N-methyl/N-ethyl adjacent to an activating group) is 1. The number of hydrogen-bond acceptors (Lipinski definition) is 5. The first kappa shape index (κ1) is 19.8. The molecule has 0 saturated carbocycles. The highest BCUT2D eigenvalue weighted by atomic mass is 19.1. The van der Waals surface area contributed by atoms with Gasteiger partial charge in [-0.25, -0.2) is 9.18 Å². The van der Waals surface area contributed by atoms with Gasteiger partial charge in [0.15, 0.2) is 0 Å². The van der Waals surface area contributed by atoms with E-state index in [0.717, 1.165) is 38.4 Å². The van der Waals surface area contributed by atoms with Crippen LogP contribution in [0.15, 0.2) is 42.5 Å². The summed E-state index contributed by atoms with van der Waals surface area (Å²) in [4.78, 5) is 29.1. The highest BCUT2D eigenvalue weighted by Crippen LogP contribution is 2.29. The lowest BCUT2D eigenvalue weighted by Crippen LogP contribution is -2.46. The maximum absolute atomic E-state index is 13.5. The molecule has 2 aromatic rings. The zero-order chi connectivity index (χ0) is 20.1. The molecule has 7 heteroatoms. The Balaban J connectivity index is 1.89. The zero-order valence-corrected chi connectivity index (χ0v) is 16.1. The summed E-state index contributed by atoms with van der Waals surface area (Å²) in [6.07, 6.45) is 0. The highest BCUT2D eigenvalue weighted by molar-refractivity contribution is 6.06. The molecule has 6 nitrogen and oxygen atoms in total. The van der Waals surface area contributed by atoms with Crippen molar-refractivity contribution in [3.05, 3.63) is 59.4 Å². The quantitative estimate of drug-likeness (QED) is 0.802. The Kier molecular flexibility index (Phi) is 6.26. The molecule has 3 rings (SSSR count). The average Bonchev–Trinajstić information content (AvgIpc) is 2.73. The van der Waals surface area contributed by atoms with Gasteiger partial charge in [-0.15, -0.1) is 0 Å². The minimum atomic E-state index is -0.483. The monoisotopic (exact) mass is 385 g/mol. The topological polar surface area (TPSA) is 61.9 Å². The fraction of sp³-hybridized carbons (Fsp3) is 0.333. The van der Waals surface area contributed by atoms with Crippen molar-refractivity contribution in [2.24, 2.45) is 0 Å². The number of esters is 1. The van der Waals surface area contributed by atoms with Crippen LogP contribution >= 0.6 is 0 Å². The number of halogens is 1. The Bertz CT molecular complexity index is 864. The molecule has 1 fully saturated rings. The van der Waals surface area contributed by atoms with E-state index in [4.69, 9.17) is 4.74 Å². The molecule has 0 radical (unpaired) electrons. The van der Waals surface area contributed by atoms with Crippen molar-refractivity contribution >= 4 is 23.3 Å². The number of piperazine rings is 1. The molecular formula is C21H24FN3O3. The van der Waals surface area contributed by atoms with E-state index in [0.29, 0.717) is 11.3 Å². The number of rotatable bonds is 5. The number of nitrogens with one attached hydrogen (secondary N) is 1. The minimum Gasteiger partial charge on any atom is -0.465 e. The molecule has 1 saturated heterocycles. The molecule has 0 aliphatic carbocycles. The van der Waals surface area contributed by atoms with Crippen LogP contribution in [0.5, 0.6) is 0 Å². The summed E-state index contributed by atoms with van der Waals surface area (Å²) >= 11 is 0. The lowest BCUT2D eigenvalue weighted by molar-refractivity contribution is 0.0600. The third kappa shape index (κ3) is 4.48. The van der Waals surface area contributed by atoms with Crippen LogP contribution in [0.2, 0.25) is 0 Å². The van der Waals surface area contributed by atoms with E-state index in [2.05, 4.69) is 22.0 Å². The Morgan fingerprint density at radius 3 is 2.46 bits per heavy atom. The Morgan fingerprint density at radius 1 is 1.07 bits per heavy atom. The Labute approximate surface area is 163 Å². The van der Waals surface area contributed by atoms with Crippen LogP contribution < -0.4 is 10.2 Å². The molecule has 1 heterocycles. The second-order valence-corrected chi connectivity index (χ2v) is 6.61. The molecule has 148 valence electrons. The molecule has 0 atom stereocenters. The van der Waals surface area contributed by atoms with Crippen molar-refractivity contribution in [3.8, 4) is 0 Å². The normalized spacial score (nSPS) is 14.6. The summed E-state index contributed by atoms with van der Waals surface area (Å²) in [6.45, 7) is 6.60. The molecule has 0 unspecified atom stereocenters. The van der Waals surface area contributed by atoms with Crippen molar-refractivity contribution in [3.63, 3.8) is 0 Å². The van der Waals surface area contributed by atoms with E-state index < -0.39 is 17.7 Å². The van der Waals surface area contributed by atoms with Gasteiger partial charge in [-0.05, 0) is 42.9 Å². The van der Waals surface area contributed by atoms with E-state index in [-0.39, 0.29) is 5.56 Å². The summed E-state index contributed by atoms with van der Waals surface area (Å²) < 4.78 is 18.3. The van der Waals surface area contributed by atoms with E-state index in [1.165, 1.54) is 25.3 Å². The molecular weight excluding hydrogens is 361 g/mol. The van der Waals surface area contributed by atoms with Crippen molar-refractivity contribution in [1.29, 1.82) is 0 Å². The maximum Gasteiger partial charge on any atom is 0.337 e. The van der Waals surface area contributed by atoms with E-state index in [9.17, 15) is 14.0 Å². The minimum absolute atomic E-state index is 0.213. The first-order chi connectivity index (χ1) is 13.5. The van der Waals surface area contributed by atoms with Crippen LogP contribution in [0.1, 0.15) is 27.6 Å². The fourth-order valence-corrected chi connectivity index (χ4v) is 3.29. The summed E-state index contributed by atoms with van der Waals surface area (Å²) in [7, 11) is 1.31. The second-order valence-electron chi connectivity index (χ2n) is 6.61. The van der Waals surface area contributed by atoms with Gasteiger partial charge in [-0.3, -0.25) is 4.79 Å². The lowest BCUT2D eigenvalue weighted by Gasteiger charge is -2.36. The fourth-order valence-electron chi connectivity index (χ4n) is 3.29. The molecule has 28 heavy (non-hydrogen) atoms. The van der Waals surface area contributed by atoms with Gasteiger partial charge in [0.2, 0.25) is 0 Å². The van der Waals surface area contributed by atoms with Gasteiger partial charge >= 0.3 is 5.97 Å². The van der Waals surface area contributed by atoms with Crippen LogP contribution in [-0.4, -0.2) is 56.6 Å². The smallest absolute Gasteiger partial charge is 0.337 e. The van der Waals surface area contributed by atoms with Gasteiger partial charge in [0.25, 0.3) is 5.91 Å². The molecule has 2 aromatic carbocycles. The largest absolute Gasteiger partial charge is 0.465 e. The molecule has 1 aliphatic rings. The predicted molar refractivity (Wildman–Crippen MR) is 106 cm³/mol. The number of carbonyl (C=O) groups is 2. The number of ether oxygens (including phenoxy) is 1. The summed E-state index contributed by atoms with van der Waals surface area (Å²) in [5.74, 6) is -1.40. The number of anilines is 2. The molecule has 0 spiro atoms. The maximum atomic E-state index is 13.5. The summed E-state index contributed by atoms with van der Waals surface area (Å²) in [5.41, 5.74) is 1.88. The number of carbonyl (C=O) groups excluding carboxylic acids is 2.